The average Bonchev–Trinajstić information content (AvgIpc) is 0.744. The molecule has 0 amide bonds. The van der Waals surface area contributed by atoms with Crippen molar-refractivity contribution in [3.63, 3.8) is 0 Å². The number of fused-ring (bicyclic) bond motifs is 5. The predicted molar refractivity (Wildman–Crippen MR) is 291 cm³/mol. The molecule has 7 aromatic carbocycles. The first-order chi connectivity index (χ1) is 42.4. The monoisotopic (exact) mass is 939 g/mol. The molecule has 0 saturated carbocycles. The predicted octanol–water partition coefficient (Wildman–Crippen LogP) is 16.6. The molecule has 3 aromatic heterocycles. The highest BCUT2D eigenvalue weighted by atomic mass is 16.5. The van der Waals surface area contributed by atoms with Crippen molar-refractivity contribution in [2.75, 3.05) is 0 Å². The summed E-state index contributed by atoms with van der Waals surface area (Å²) in [6.07, 6.45) is -3.98. The number of ether oxygens (including phenoxy) is 1. The molecule has 0 fully saturated rings. The molecule has 350 valence electrons. The standard InChI is InChI=1S/C65H64N4O/c1-42-34-52(43-18-16-19-45(36-43)62(2,3)4)61(53(35-42)44-26-29-54-55(37-44)65(10,11)32-31-64(54,8)9)68-41-67(57-24-14-15-25-58(57)68)47-20-17-21-48(39-47)70-49-27-28-51-50-22-12-13-23-56(50)69(59(51)40-49)60-38-46(30-33-66-60)63(5,6)7/h12-30,33-40H,31-32H2,1-11H3/i1D3,8D3,9D3,10D3,11D3,26D,29D,31D2,32D2,37D. The molecule has 1 aliphatic carbocycles. The van der Waals surface area contributed by atoms with Gasteiger partial charge in [0.05, 0.1) is 37.6 Å². The van der Waals surface area contributed by atoms with E-state index in [9.17, 15) is 9.60 Å². The molecule has 0 N–H and O–H groups in total. The van der Waals surface area contributed by atoms with Crippen LogP contribution in [0.25, 0.3) is 72.3 Å². The van der Waals surface area contributed by atoms with E-state index >= 15 is 0 Å². The molecule has 10 aromatic rings. The highest BCUT2D eigenvalue weighted by Crippen LogP contribution is 2.48. The van der Waals surface area contributed by atoms with E-state index in [1.807, 2.05) is 75.4 Å². The van der Waals surface area contributed by atoms with Gasteiger partial charge in [-0.25, -0.2) is 4.98 Å². The van der Waals surface area contributed by atoms with Crippen molar-refractivity contribution in [1.29, 1.82) is 0 Å². The lowest BCUT2D eigenvalue weighted by molar-refractivity contribution is -0.571. The maximum atomic E-state index is 10.3. The van der Waals surface area contributed by atoms with Gasteiger partial charge in [-0.2, -0.15) is 0 Å². The maximum Gasteiger partial charge on any atom is 0.269 e. The van der Waals surface area contributed by atoms with Crippen molar-refractivity contribution in [1.82, 2.24) is 14.1 Å². The van der Waals surface area contributed by atoms with Gasteiger partial charge in [0.15, 0.2) is 0 Å². The highest BCUT2D eigenvalue weighted by molar-refractivity contribution is 6.09. The van der Waals surface area contributed by atoms with Gasteiger partial charge in [-0.15, -0.1) is 0 Å². The van der Waals surface area contributed by atoms with E-state index in [-0.39, 0.29) is 16.7 Å². The second kappa shape index (κ2) is 16.4. The molecule has 0 aliphatic heterocycles. The van der Waals surface area contributed by atoms with Gasteiger partial charge in [0.25, 0.3) is 6.33 Å². The molecule has 1 aliphatic rings. The summed E-state index contributed by atoms with van der Waals surface area (Å²) < 4.78 is 214. The van der Waals surface area contributed by atoms with Crippen LogP contribution in [0.15, 0.2) is 164 Å². The largest absolute Gasteiger partial charge is 0.458 e. The summed E-state index contributed by atoms with van der Waals surface area (Å²) in [5.74, 6) is 1.56. The minimum Gasteiger partial charge on any atom is -0.458 e. The molecule has 0 saturated heterocycles. The zero-order valence-electron chi connectivity index (χ0n) is 61.6. The summed E-state index contributed by atoms with van der Waals surface area (Å²) in [7, 11) is 0. The van der Waals surface area contributed by atoms with Crippen molar-refractivity contribution >= 4 is 32.8 Å². The van der Waals surface area contributed by atoms with Crippen LogP contribution in [0.2, 0.25) is 0 Å². The summed E-state index contributed by atoms with van der Waals surface area (Å²) in [5.41, 5.74) is -9.69. The first-order valence-corrected chi connectivity index (χ1v) is 23.0. The lowest BCUT2D eigenvalue weighted by atomic mass is 9.63. The van der Waals surface area contributed by atoms with Crippen LogP contribution < -0.4 is 9.30 Å². The number of rotatable bonds is 7. The Hall–Kier alpha value is -7.24. The van der Waals surface area contributed by atoms with Crippen molar-refractivity contribution in [3.05, 3.63) is 198 Å². The molecule has 3 heterocycles. The van der Waals surface area contributed by atoms with Gasteiger partial charge in [0.1, 0.15) is 17.3 Å². The number of benzene rings is 7. The number of hydrogen-bond acceptors (Lipinski definition) is 2. The van der Waals surface area contributed by atoms with Crippen LogP contribution in [-0.4, -0.2) is 14.1 Å². The van der Waals surface area contributed by atoms with Gasteiger partial charge in [-0.3, -0.25) is 13.7 Å². The van der Waals surface area contributed by atoms with Crippen LogP contribution >= 0.6 is 0 Å². The number of pyridine rings is 1. The summed E-state index contributed by atoms with van der Waals surface area (Å²) in [4.78, 5) is 4.82. The Morgan fingerprint density at radius 3 is 2.10 bits per heavy atom. The Labute approximate surface area is 445 Å². The van der Waals surface area contributed by atoms with E-state index in [1.165, 1.54) is 10.6 Å². The number of hydrogen-bond donors (Lipinski definition) is 0. The van der Waals surface area contributed by atoms with E-state index in [0.717, 1.165) is 39.0 Å². The van der Waals surface area contributed by atoms with Crippen LogP contribution in [0.3, 0.4) is 0 Å². The Morgan fingerprint density at radius 2 is 1.33 bits per heavy atom. The van der Waals surface area contributed by atoms with Crippen LogP contribution in [0, 0.1) is 13.2 Å². The third kappa shape index (κ3) is 7.90. The van der Waals surface area contributed by atoms with Gasteiger partial charge >= 0.3 is 0 Å². The first-order valence-electron chi connectivity index (χ1n) is 34.0. The summed E-state index contributed by atoms with van der Waals surface area (Å²) in [6.45, 7) is -8.09. The van der Waals surface area contributed by atoms with E-state index in [2.05, 4.69) is 37.7 Å². The Kier molecular flexibility index (Phi) is 6.26. The third-order valence-corrected chi connectivity index (χ3v) is 13.0. The fraction of sp³-hybridized carbons (Fsp3) is 0.262. The lowest BCUT2D eigenvalue weighted by Crippen LogP contribution is -2.34. The van der Waals surface area contributed by atoms with Gasteiger partial charge in [-0.05, 0) is 134 Å². The first kappa shape index (κ1) is 26.7. The quantitative estimate of drug-likeness (QED) is 0.118. The second-order valence-corrected chi connectivity index (χ2v) is 20.0. The number of para-hydroxylation sites is 3. The fourth-order valence-corrected chi connectivity index (χ4v) is 9.36. The minimum atomic E-state index is -4.60. The SMILES string of the molecule is [2H]c1c([2H])c2c(c([2H])c1-c1cc(C([2H])([2H])[2H])cc(-c3cccc(C(C)(C)C)c3)c1-[n+]1[c-]n(-c3cccc(Oc4ccc5c6ccccc6n(-c6cc(C(C)(C)C)ccn6)c5c4)c3)c3ccccc31)C(C([2H])([2H])[2H])(C([2H])([2H])[2H])C([2H])([2H])C([2H])([2H])C2(C([2H])([2H])[2H])C([2H])([2H])[2H]. The van der Waals surface area contributed by atoms with E-state index < -0.39 is 109 Å². The second-order valence-electron chi connectivity index (χ2n) is 20.0. The van der Waals surface area contributed by atoms with Crippen LogP contribution in [0.5, 0.6) is 11.5 Å². The zero-order valence-corrected chi connectivity index (χ0v) is 39.6. The Bertz CT molecular complexity index is 4600. The molecule has 0 bridgehead atoms. The molecule has 11 rings (SSSR count). The summed E-state index contributed by atoms with van der Waals surface area (Å²) in [5, 5.41) is 1.96. The highest BCUT2D eigenvalue weighted by Gasteiger charge is 2.37. The fourth-order valence-electron chi connectivity index (χ4n) is 9.36. The molecule has 0 atom stereocenters. The molecule has 5 heteroatoms. The summed E-state index contributed by atoms with van der Waals surface area (Å²) >= 11 is 0. The van der Waals surface area contributed by atoms with Crippen molar-refractivity contribution in [2.45, 2.75) is 110 Å². The minimum absolute atomic E-state index is 0.0565. The molecular weight excluding hydrogens is 853 g/mol. The number of aromatic nitrogens is 4. The molecule has 5 nitrogen and oxygen atoms in total. The third-order valence-electron chi connectivity index (χ3n) is 13.0. The molecule has 0 unspecified atom stereocenters. The van der Waals surface area contributed by atoms with Crippen LogP contribution in [0.4, 0.5) is 0 Å². The lowest BCUT2D eigenvalue weighted by Gasteiger charge is -2.42. The van der Waals surface area contributed by atoms with Crippen molar-refractivity contribution in [3.8, 4) is 50.9 Å². The van der Waals surface area contributed by atoms with E-state index in [1.54, 1.807) is 77.5 Å². The molecular formula is C65H64N4O. The van der Waals surface area contributed by atoms with Gasteiger partial charge < -0.3 is 4.74 Å². The molecule has 70 heavy (non-hydrogen) atoms. The van der Waals surface area contributed by atoms with Gasteiger partial charge in [0.2, 0.25) is 0 Å². The Balaban J connectivity index is 1.22. The zero-order chi connectivity index (χ0) is 67.6. The van der Waals surface area contributed by atoms with E-state index in [4.69, 9.17) is 30.3 Å². The number of aryl methyl sites for hydroxylation is 1. The van der Waals surface area contributed by atoms with Crippen molar-refractivity contribution in [2.24, 2.45) is 0 Å². The number of nitrogens with zero attached hydrogens (tertiary/aromatic N) is 4. The topological polar surface area (TPSA) is 35.9 Å². The summed E-state index contributed by atoms with van der Waals surface area (Å²) in [6, 6.07) is 36.8. The average molecular weight is 939 g/mol. The van der Waals surface area contributed by atoms with Crippen LogP contribution in [-0.2, 0) is 21.7 Å². The maximum absolute atomic E-state index is 10.3. The van der Waals surface area contributed by atoms with Crippen LogP contribution in [0.1, 0.15) is 140 Å². The number of imidazole rings is 1. The van der Waals surface area contributed by atoms with Gasteiger partial charge in [0, 0.05) is 49.1 Å². The molecule has 0 spiro atoms. The van der Waals surface area contributed by atoms with E-state index in [0.29, 0.717) is 39.6 Å². The smallest absolute Gasteiger partial charge is 0.269 e. The van der Waals surface area contributed by atoms with Gasteiger partial charge in [-0.1, -0.05) is 178 Å². The van der Waals surface area contributed by atoms with Crippen molar-refractivity contribution < 1.29 is 39.5 Å². The normalized spacial score (nSPS) is 21.6. The molecule has 0 radical (unpaired) electrons. The Morgan fingerprint density at radius 1 is 0.643 bits per heavy atom.